The van der Waals surface area contributed by atoms with Gasteiger partial charge in [-0.25, -0.2) is 0 Å². The minimum absolute atomic E-state index is 0.685. The van der Waals surface area contributed by atoms with Crippen LogP contribution in [0.3, 0.4) is 0 Å². The Morgan fingerprint density at radius 3 is 2.07 bits per heavy atom. The molecule has 2 aromatic rings. The highest BCUT2D eigenvalue weighted by Crippen LogP contribution is 2.39. The molecule has 0 aliphatic carbocycles. The van der Waals surface area contributed by atoms with Gasteiger partial charge in [-0.1, -0.05) is 17.7 Å². The zero-order valence-electron chi connectivity index (χ0n) is 18.0. The zero-order chi connectivity index (χ0) is 20.6. The number of piperazine rings is 1. The molecular weight excluding hydrogens is 384 g/mol. The maximum Gasteiger partial charge on any atom is 0.203 e. The molecular formula is C23H34N2O3S+2. The Kier molecular flexibility index (Phi) is 8.09. The second-order valence-corrected chi connectivity index (χ2v) is 8.75. The summed E-state index contributed by atoms with van der Waals surface area (Å²) >= 11 is 1.97. The Balaban J connectivity index is 1.48. The van der Waals surface area contributed by atoms with Gasteiger partial charge in [0.15, 0.2) is 11.5 Å². The first kappa shape index (κ1) is 21.8. The van der Waals surface area contributed by atoms with E-state index in [4.69, 9.17) is 14.2 Å². The van der Waals surface area contributed by atoms with Crippen molar-refractivity contribution in [2.75, 3.05) is 59.8 Å². The van der Waals surface area contributed by atoms with Crippen molar-refractivity contribution in [2.45, 2.75) is 18.4 Å². The second-order valence-electron chi connectivity index (χ2n) is 7.58. The van der Waals surface area contributed by atoms with E-state index in [1.165, 1.54) is 54.5 Å². The van der Waals surface area contributed by atoms with Crippen LogP contribution in [0.1, 0.15) is 11.1 Å². The molecule has 29 heavy (non-hydrogen) atoms. The largest absolute Gasteiger partial charge is 0.493 e. The fourth-order valence-corrected chi connectivity index (χ4v) is 4.86. The lowest BCUT2D eigenvalue weighted by atomic mass is 10.1. The molecule has 5 nitrogen and oxygen atoms in total. The van der Waals surface area contributed by atoms with Crippen LogP contribution in [0.25, 0.3) is 0 Å². The summed E-state index contributed by atoms with van der Waals surface area (Å²) in [5.74, 6) is 3.37. The average Bonchev–Trinajstić information content (AvgIpc) is 2.75. The van der Waals surface area contributed by atoms with E-state index in [9.17, 15) is 0 Å². The lowest BCUT2D eigenvalue weighted by Gasteiger charge is -2.30. The minimum atomic E-state index is 0.685. The first-order chi connectivity index (χ1) is 14.1. The Hall–Kier alpha value is -1.89. The lowest BCUT2D eigenvalue weighted by molar-refractivity contribution is -1.02. The number of benzene rings is 2. The van der Waals surface area contributed by atoms with E-state index in [2.05, 4.69) is 37.3 Å². The van der Waals surface area contributed by atoms with Crippen molar-refractivity contribution < 1.29 is 24.0 Å². The van der Waals surface area contributed by atoms with Crippen LogP contribution in [0.4, 0.5) is 0 Å². The van der Waals surface area contributed by atoms with Crippen LogP contribution in [0.5, 0.6) is 17.2 Å². The van der Waals surface area contributed by atoms with E-state index in [0.29, 0.717) is 11.5 Å². The number of nitrogens with one attached hydrogen (secondary N) is 2. The standard InChI is InChI=1S/C23H32N2O3S/c1-18-5-8-20(9-6-18)29-16-15-24-11-13-25(14-12-24)17-19-7-10-21(26-2)23(28-4)22(19)27-3/h5-10H,11-17H2,1-4H3/p+2. The number of hydrogen-bond donors (Lipinski definition) is 2. The van der Waals surface area contributed by atoms with Crippen molar-refractivity contribution in [2.24, 2.45) is 0 Å². The molecule has 0 atom stereocenters. The van der Waals surface area contributed by atoms with Crippen LogP contribution in [0, 0.1) is 6.92 Å². The first-order valence-electron chi connectivity index (χ1n) is 10.3. The van der Waals surface area contributed by atoms with Crippen molar-refractivity contribution in [3.8, 4) is 17.2 Å². The van der Waals surface area contributed by atoms with Crippen LogP contribution >= 0.6 is 11.8 Å². The summed E-state index contributed by atoms with van der Waals surface area (Å²) in [5, 5.41) is 0. The molecule has 0 unspecified atom stereocenters. The third-order valence-corrected chi connectivity index (χ3v) is 6.65. The second kappa shape index (κ2) is 10.8. The monoisotopic (exact) mass is 418 g/mol. The van der Waals surface area contributed by atoms with Gasteiger partial charge in [0.25, 0.3) is 0 Å². The smallest absolute Gasteiger partial charge is 0.203 e. The van der Waals surface area contributed by atoms with Gasteiger partial charge in [0.2, 0.25) is 5.75 Å². The highest BCUT2D eigenvalue weighted by molar-refractivity contribution is 7.99. The maximum absolute atomic E-state index is 5.65. The van der Waals surface area contributed by atoms with E-state index in [1.807, 2.05) is 17.8 Å². The van der Waals surface area contributed by atoms with Gasteiger partial charge in [-0.15, -0.1) is 11.8 Å². The molecule has 2 N–H and O–H groups in total. The number of quaternary nitrogens is 2. The summed E-state index contributed by atoms with van der Waals surface area (Å²) < 4.78 is 16.6. The number of ether oxygens (including phenoxy) is 3. The summed E-state index contributed by atoms with van der Waals surface area (Å²) in [4.78, 5) is 4.69. The highest BCUT2D eigenvalue weighted by atomic mass is 32.2. The quantitative estimate of drug-likeness (QED) is 0.598. The number of thioether (sulfide) groups is 1. The van der Waals surface area contributed by atoms with Crippen molar-refractivity contribution in [3.63, 3.8) is 0 Å². The third kappa shape index (κ3) is 5.81. The van der Waals surface area contributed by atoms with E-state index in [-0.39, 0.29) is 0 Å². The molecule has 1 fully saturated rings. The van der Waals surface area contributed by atoms with Crippen molar-refractivity contribution in [1.82, 2.24) is 0 Å². The van der Waals surface area contributed by atoms with Crippen molar-refractivity contribution >= 4 is 11.8 Å². The molecule has 0 aromatic heterocycles. The topological polar surface area (TPSA) is 36.6 Å². The van der Waals surface area contributed by atoms with Crippen molar-refractivity contribution in [3.05, 3.63) is 47.5 Å². The Bertz CT molecular complexity index is 774. The molecule has 1 aliphatic rings. The zero-order valence-corrected chi connectivity index (χ0v) is 18.9. The SMILES string of the molecule is COc1ccc(C[NH+]2CC[NH+](CCSc3ccc(C)cc3)CC2)c(OC)c1OC. The molecule has 1 saturated heterocycles. The summed E-state index contributed by atoms with van der Waals surface area (Å²) in [6.07, 6.45) is 0. The van der Waals surface area contributed by atoms with Gasteiger partial charge in [-0.2, -0.15) is 0 Å². The normalized spacial score (nSPS) is 19.0. The number of methoxy groups -OCH3 is 3. The summed E-state index contributed by atoms with van der Waals surface area (Å²) in [5.41, 5.74) is 2.50. The Morgan fingerprint density at radius 2 is 1.45 bits per heavy atom. The Labute approximate surface area is 178 Å². The van der Waals surface area contributed by atoms with Gasteiger partial charge in [0, 0.05) is 10.6 Å². The van der Waals surface area contributed by atoms with Gasteiger partial charge in [-0.3, -0.25) is 0 Å². The fraction of sp³-hybridized carbons (Fsp3) is 0.478. The summed E-state index contributed by atoms with van der Waals surface area (Å²) in [6, 6.07) is 12.9. The van der Waals surface area contributed by atoms with Gasteiger partial charge >= 0.3 is 0 Å². The third-order valence-electron chi connectivity index (χ3n) is 5.64. The number of hydrogen-bond acceptors (Lipinski definition) is 4. The van der Waals surface area contributed by atoms with Gasteiger partial charge < -0.3 is 24.0 Å². The van der Waals surface area contributed by atoms with Gasteiger partial charge in [0.05, 0.1) is 33.4 Å². The molecule has 3 rings (SSSR count). The van der Waals surface area contributed by atoms with E-state index in [1.54, 1.807) is 31.1 Å². The summed E-state index contributed by atoms with van der Waals surface area (Å²) in [7, 11) is 5.01. The van der Waals surface area contributed by atoms with Crippen LogP contribution < -0.4 is 24.0 Å². The Morgan fingerprint density at radius 1 is 0.793 bits per heavy atom. The highest BCUT2D eigenvalue weighted by Gasteiger charge is 2.25. The number of rotatable bonds is 9. The van der Waals surface area contributed by atoms with Crippen LogP contribution in [-0.4, -0.2) is 59.8 Å². The van der Waals surface area contributed by atoms with Gasteiger partial charge in [-0.05, 0) is 31.2 Å². The minimum Gasteiger partial charge on any atom is -0.493 e. The maximum atomic E-state index is 5.65. The molecule has 158 valence electrons. The number of aryl methyl sites for hydroxylation is 1. The predicted octanol–water partition coefficient (Wildman–Crippen LogP) is 1.10. The van der Waals surface area contributed by atoms with E-state index >= 15 is 0 Å². The molecule has 0 bridgehead atoms. The predicted molar refractivity (Wildman–Crippen MR) is 118 cm³/mol. The average molecular weight is 419 g/mol. The first-order valence-corrected chi connectivity index (χ1v) is 11.3. The summed E-state index contributed by atoms with van der Waals surface area (Å²) in [6.45, 7) is 9.13. The van der Waals surface area contributed by atoms with E-state index < -0.39 is 0 Å². The van der Waals surface area contributed by atoms with Crippen LogP contribution in [0.2, 0.25) is 0 Å². The molecule has 0 radical (unpaired) electrons. The molecule has 1 heterocycles. The van der Waals surface area contributed by atoms with Crippen LogP contribution in [0.15, 0.2) is 41.3 Å². The molecule has 1 aliphatic heterocycles. The van der Waals surface area contributed by atoms with E-state index in [0.717, 1.165) is 12.3 Å². The van der Waals surface area contributed by atoms with Crippen molar-refractivity contribution in [1.29, 1.82) is 0 Å². The molecule has 0 amide bonds. The van der Waals surface area contributed by atoms with Crippen LogP contribution in [-0.2, 0) is 6.54 Å². The molecule has 6 heteroatoms. The lowest BCUT2D eigenvalue weighted by Crippen LogP contribution is -3.27. The molecule has 0 spiro atoms. The molecule has 2 aromatic carbocycles. The van der Waals surface area contributed by atoms with Gasteiger partial charge in [0.1, 0.15) is 32.7 Å². The molecule has 0 saturated carbocycles. The fourth-order valence-electron chi connectivity index (χ4n) is 3.90.